The lowest BCUT2D eigenvalue weighted by molar-refractivity contribution is -0.141. The maximum absolute atomic E-state index is 13.1. The van der Waals surface area contributed by atoms with E-state index in [9.17, 15) is 21.6 Å². The van der Waals surface area contributed by atoms with E-state index in [-0.39, 0.29) is 10.6 Å². The molecule has 0 aliphatic rings. The van der Waals surface area contributed by atoms with E-state index in [2.05, 4.69) is 27.7 Å². The molecule has 0 spiro atoms. The molecule has 3 aromatic rings. The molecule has 0 bridgehead atoms. The minimum absolute atomic E-state index is 0.0950. The first-order chi connectivity index (χ1) is 12.1. The molecule has 0 fully saturated rings. The molecule has 0 aliphatic carbocycles. The van der Waals surface area contributed by atoms with Crippen molar-refractivity contribution in [2.45, 2.75) is 11.1 Å². The van der Waals surface area contributed by atoms with Crippen molar-refractivity contribution in [2.75, 3.05) is 6.26 Å². The lowest BCUT2D eigenvalue weighted by atomic mass is 10.1. The van der Waals surface area contributed by atoms with Crippen LogP contribution in [0, 0.1) is 3.57 Å². The van der Waals surface area contributed by atoms with Crippen LogP contribution in [0.2, 0.25) is 0 Å². The molecule has 9 heteroatoms. The predicted molar refractivity (Wildman–Crippen MR) is 99.8 cm³/mol. The predicted octanol–water partition coefficient (Wildman–Crippen LogP) is 4.57. The van der Waals surface area contributed by atoms with Crippen LogP contribution in [0.1, 0.15) is 5.69 Å². The highest BCUT2D eigenvalue weighted by Crippen LogP contribution is 2.33. The van der Waals surface area contributed by atoms with Gasteiger partial charge in [-0.3, -0.25) is 0 Å². The van der Waals surface area contributed by atoms with Crippen LogP contribution in [0.15, 0.2) is 59.5 Å². The zero-order valence-electron chi connectivity index (χ0n) is 13.3. The smallest absolute Gasteiger partial charge is 0.233 e. The maximum Gasteiger partial charge on any atom is 0.435 e. The molecule has 1 heterocycles. The average Bonchev–Trinajstić information content (AvgIpc) is 3.00. The third kappa shape index (κ3) is 3.93. The Bertz CT molecular complexity index is 1040. The minimum Gasteiger partial charge on any atom is -0.233 e. The minimum atomic E-state index is -4.59. The number of hydrogen-bond acceptors (Lipinski definition) is 3. The molecule has 0 radical (unpaired) electrons. The quantitative estimate of drug-likeness (QED) is 0.504. The molecule has 0 N–H and O–H groups in total. The van der Waals surface area contributed by atoms with Crippen LogP contribution < -0.4 is 0 Å². The molecule has 3 rings (SSSR count). The second-order valence-corrected chi connectivity index (χ2v) is 8.86. The van der Waals surface area contributed by atoms with E-state index >= 15 is 0 Å². The summed E-state index contributed by atoms with van der Waals surface area (Å²) in [7, 11) is -3.39. The molecule has 0 saturated carbocycles. The molecule has 0 saturated heterocycles. The fraction of sp³-hybridized carbons (Fsp3) is 0.118. The maximum atomic E-state index is 13.1. The highest BCUT2D eigenvalue weighted by molar-refractivity contribution is 14.1. The van der Waals surface area contributed by atoms with Crippen molar-refractivity contribution in [3.63, 3.8) is 0 Å². The van der Waals surface area contributed by atoms with E-state index < -0.39 is 21.7 Å². The zero-order valence-corrected chi connectivity index (χ0v) is 16.3. The normalized spacial score (nSPS) is 12.3. The highest BCUT2D eigenvalue weighted by atomic mass is 127. The number of benzene rings is 2. The van der Waals surface area contributed by atoms with Crippen LogP contribution in [0.5, 0.6) is 0 Å². The van der Waals surface area contributed by atoms with E-state index in [1.165, 1.54) is 28.9 Å². The molecular formula is C17H12F3IN2O2S. The van der Waals surface area contributed by atoms with E-state index in [1.54, 1.807) is 24.3 Å². The summed E-state index contributed by atoms with van der Waals surface area (Å²) in [5.74, 6) is 0. The monoisotopic (exact) mass is 492 g/mol. The zero-order chi connectivity index (χ0) is 19.1. The second kappa shape index (κ2) is 6.69. The van der Waals surface area contributed by atoms with Gasteiger partial charge in [-0.05, 0) is 65.1 Å². The van der Waals surface area contributed by atoms with Crippen LogP contribution in [-0.4, -0.2) is 24.5 Å². The summed E-state index contributed by atoms with van der Waals surface area (Å²) in [6.45, 7) is 0. The van der Waals surface area contributed by atoms with Gasteiger partial charge in [0.25, 0.3) is 0 Å². The van der Waals surface area contributed by atoms with Crippen LogP contribution in [0.4, 0.5) is 13.2 Å². The van der Waals surface area contributed by atoms with Gasteiger partial charge in [-0.2, -0.15) is 18.3 Å². The van der Waals surface area contributed by atoms with Gasteiger partial charge in [0, 0.05) is 15.4 Å². The number of hydrogen-bond donors (Lipinski definition) is 0. The third-order valence-corrected chi connectivity index (χ3v) is 5.50. The molecule has 0 aliphatic heterocycles. The van der Waals surface area contributed by atoms with Crippen molar-refractivity contribution in [2.24, 2.45) is 0 Å². The fourth-order valence-corrected chi connectivity index (χ4v) is 3.37. The molecule has 136 valence electrons. The number of alkyl halides is 3. The third-order valence-electron chi connectivity index (χ3n) is 3.65. The van der Waals surface area contributed by atoms with Crippen molar-refractivity contribution in [3.8, 4) is 16.9 Å². The van der Waals surface area contributed by atoms with Gasteiger partial charge in [0.15, 0.2) is 15.5 Å². The lowest BCUT2D eigenvalue weighted by Crippen LogP contribution is -2.07. The molecule has 0 unspecified atom stereocenters. The van der Waals surface area contributed by atoms with Gasteiger partial charge in [0.2, 0.25) is 0 Å². The number of aromatic nitrogens is 2. The molecule has 0 amide bonds. The highest BCUT2D eigenvalue weighted by Gasteiger charge is 2.35. The summed E-state index contributed by atoms with van der Waals surface area (Å²) in [5, 5.41) is 3.70. The standard InChI is InChI=1S/C17H12F3IN2O2S/c1-26(24,25)14-8-2-11(3-9-14)15-10-16(17(18,19)20)22-23(15)13-6-4-12(21)5-7-13/h2-10H,1H3. The molecule has 0 atom stereocenters. The van der Waals surface area contributed by atoms with Gasteiger partial charge < -0.3 is 0 Å². The Labute approximate surface area is 161 Å². The van der Waals surface area contributed by atoms with E-state index in [4.69, 9.17) is 0 Å². The summed E-state index contributed by atoms with van der Waals surface area (Å²) < 4.78 is 64.7. The summed E-state index contributed by atoms with van der Waals surface area (Å²) in [4.78, 5) is 0.0950. The molecule has 2 aromatic carbocycles. The van der Waals surface area contributed by atoms with Gasteiger partial charge in [-0.25, -0.2) is 13.1 Å². The van der Waals surface area contributed by atoms with Crippen molar-refractivity contribution < 1.29 is 21.6 Å². The van der Waals surface area contributed by atoms with Crippen molar-refractivity contribution in [3.05, 3.63) is 63.9 Å². The van der Waals surface area contributed by atoms with Gasteiger partial charge >= 0.3 is 6.18 Å². The second-order valence-electron chi connectivity index (χ2n) is 5.60. The summed E-state index contributed by atoms with van der Waals surface area (Å²) in [6, 6.07) is 13.5. The van der Waals surface area contributed by atoms with Crippen LogP contribution in [0.25, 0.3) is 16.9 Å². The Hall–Kier alpha value is -1.88. The van der Waals surface area contributed by atoms with E-state index in [0.29, 0.717) is 11.3 Å². The number of rotatable bonds is 3. The Morgan fingerprint density at radius 2 is 1.58 bits per heavy atom. The average molecular weight is 492 g/mol. The Morgan fingerprint density at radius 3 is 2.08 bits per heavy atom. The Kier molecular flexibility index (Phi) is 4.86. The van der Waals surface area contributed by atoms with Crippen molar-refractivity contribution in [1.82, 2.24) is 9.78 Å². The molecule has 4 nitrogen and oxygen atoms in total. The van der Waals surface area contributed by atoms with E-state index in [0.717, 1.165) is 15.9 Å². The topological polar surface area (TPSA) is 52.0 Å². The number of sulfone groups is 1. The summed E-state index contributed by atoms with van der Waals surface area (Å²) in [5.41, 5.74) is 0.110. The molecule has 26 heavy (non-hydrogen) atoms. The van der Waals surface area contributed by atoms with Crippen molar-refractivity contribution in [1.29, 1.82) is 0 Å². The first kappa shape index (κ1) is 18.9. The SMILES string of the molecule is CS(=O)(=O)c1ccc(-c2cc(C(F)(F)F)nn2-c2ccc(I)cc2)cc1. The summed E-state index contributed by atoms with van der Waals surface area (Å²) >= 11 is 2.10. The largest absolute Gasteiger partial charge is 0.435 e. The lowest BCUT2D eigenvalue weighted by Gasteiger charge is -2.08. The molecule has 1 aromatic heterocycles. The van der Waals surface area contributed by atoms with Crippen LogP contribution in [-0.2, 0) is 16.0 Å². The Morgan fingerprint density at radius 1 is 1.00 bits per heavy atom. The van der Waals surface area contributed by atoms with Gasteiger partial charge in [0.05, 0.1) is 16.3 Å². The van der Waals surface area contributed by atoms with Gasteiger partial charge in [-0.15, -0.1) is 0 Å². The first-order valence-electron chi connectivity index (χ1n) is 7.29. The fourth-order valence-electron chi connectivity index (χ4n) is 2.38. The Balaban J connectivity index is 2.16. The van der Waals surface area contributed by atoms with E-state index in [1.807, 2.05) is 0 Å². The van der Waals surface area contributed by atoms with Crippen LogP contribution >= 0.6 is 22.6 Å². The van der Waals surface area contributed by atoms with Crippen LogP contribution in [0.3, 0.4) is 0 Å². The van der Waals surface area contributed by atoms with Gasteiger partial charge in [0.1, 0.15) is 0 Å². The summed E-state index contributed by atoms with van der Waals surface area (Å²) in [6.07, 6.45) is -3.52. The first-order valence-corrected chi connectivity index (χ1v) is 10.3. The molecular weight excluding hydrogens is 480 g/mol. The number of nitrogens with zero attached hydrogens (tertiary/aromatic N) is 2. The number of halogens is 4. The van der Waals surface area contributed by atoms with Gasteiger partial charge in [-0.1, -0.05) is 12.1 Å². The van der Waals surface area contributed by atoms with Crippen molar-refractivity contribution >= 4 is 32.4 Å².